The Bertz CT molecular complexity index is 731. The van der Waals surface area contributed by atoms with Gasteiger partial charge in [-0.15, -0.1) is 0 Å². The van der Waals surface area contributed by atoms with E-state index < -0.39 is 0 Å². The minimum atomic E-state index is -0.367. The molecule has 6 heteroatoms. The molecule has 2 rings (SSSR count). The van der Waals surface area contributed by atoms with E-state index in [4.69, 9.17) is 27.9 Å². The van der Waals surface area contributed by atoms with E-state index in [0.29, 0.717) is 23.2 Å². The molecule has 1 aromatic carbocycles. The Labute approximate surface area is 145 Å². The largest absolute Gasteiger partial charge is 0.463 e. The first-order valence-corrected chi connectivity index (χ1v) is 8.01. The highest BCUT2D eigenvalue weighted by Crippen LogP contribution is 2.26. The Balaban J connectivity index is 2.29. The summed E-state index contributed by atoms with van der Waals surface area (Å²) in [6.07, 6.45) is 3.13. The Hall–Kier alpha value is -1.78. The van der Waals surface area contributed by atoms with Crippen LogP contribution in [0.5, 0.6) is 0 Å². The fraction of sp³-hybridized carbons (Fsp3) is 0.294. The zero-order chi connectivity index (χ0) is 17.0. The van der Waals surface area contributed by atoms with Crippen molar-refractivity contribution in [2.75, 3.05) is 6.61 Å². The molecule has 0 amide bonds. The minimum absolute atomic E-state index is 0.353. The number of aryl methyl sites for hydroxylation is 1. The summed E-state index contributed by atoms with van der Waals surface area (Å²) in [6, 6.07) is 5.41. The number of esters is 1. The van der Waals surface area contributed by atoms with E-state index >= 15 is 0 Å². The van der Waals surface area contributed by atoms with Crippen LogP contribution in [-0.4, -0.2) is 22.4 Å². The number of hydrogen-bond donors (Lipinski definition) is 0. The van der Waals surface area contributed by atoms with Crippen molar-refractivity contribution >= 4 is 35.2 Å². The molecular weight excluding hydrogens is 335 g/mol. The van der Waals surface area contributed by atoms with E-state index in [-0.39, 0.29) is 5.97 Å². The van der Waals surface area contributed by atoms with Crippen LogP contribution in [0.15, 0.2) is 24.3 Å². The lowest BCUT2D eigenvalue weighted by Crippen LogP contribution is -2.05. The molecule has 4 nitrogen and oxygen atoms in total. The van der Waals surface area contributed by atoms with Crippen molar-refractivity contribution in [1.82, 2.24) is 9.78 Å². The molecular formula is C17H18Cl2N2O2. The average molecular weight is 353 g/mol. The summed E-state index contributed by atoms with van der Waals surface area (Å²) in [6.45, 7) is 6.43. The summed E-state index contributed by atoms with van der Waals surface area (Å²) in [5, 5.41) is 5.72. The maximum absolute atomic E-state index is 11.5. The van der Waals surface area contributed by atoms with Crippen LogP contribution in [0, 0.1) is 13.8 Å². The molecule has 0 aliphatic rings. The number of rotatable bonds is 5. The highest BCUT2D eigenvalue weighted by Gasteiger charge is 2.13. The first kappa shape index (κ1) is 17.6. The van der Waals surface area contributed by atoms with E-state index in [9.17, 15) is 4.79 Å². The molecule has 0 aliphatic heterocycles. The molecule has 0 spiro atoms. The Morgan fingerprint density at radius 3 is 2.57 bits per heavy atom. The van der Waals surface area contributed by atoms with Crippen molar-refractivity contribution in [2.24, 2.45) is 0 Å². The lowest BCUT2D eigenvalue weighted by Gasteiger charge is -2.09. The summed E-state index contributed by atoms with van der Waals surface area (Å²) in [4.78, 5) is 11.5. The van der Waals surface area contributed by atoms with Gasteiger partial charge in [-0.2, -0.15) is 5.10 Å². The Morgan fingerprint density at radius 2 is 1.96 bits per heavy atom. The summed E-state index contributed by atoms with van der Waals surface area (Å²) in [5.41, 5.74) is 3.47. The Kier molecular flexibility index (Phi) is 5.85. The van der Waals surface area contributed by atoms with E-state index in [1.54, 1.807) is 25.1 Å². The highest BCUT2D eigenvalue weighted by atomic mass is 35.5. The van der Waals surface area contributed by atoms with Gasteiger partial charge in [-0.1, -0.05) is 29.3 Å². The van der Waals surface area contributed by atoms with Gasteiger partial charge in [0, 0.05) is 32.9 Å². The lowest BCUT2D eigenvalue weighted by molar-refractivity contribution is -0.137. The second-order valence-corrected chi connectivity index (χ2v) is 5.84. The average Bonchev–Trinajstić information content (AvgIpc) is 2.76. The second kappa shape index (κ2) is 7.66. The second-order valence-electron chi connectivity index (χ2n) is 5.03. The summed E-state index contributed by atoms with van der Waals surface area (Å²) >= 11 is 12.4. The third-order valence-electron chi connectivity index (χ3n) is 3.48. The van der Waals surface area contributed by atoms with Crippen molar-refractivity contribution < 1.29 is 9.53 Å². The van der Waals surface area contributed by atoms with Crippen LogP contribution in [0.4, 0.5) is 0 Å². The van der Waals surface area contributed by atoms with Gasteiger partial charge in [0.1, 0.15) is 0 Å². The number of carbonyl (C=O) groups excluding carboxylic acids is 1. The maximum Gasteiger partial charge on any atom is 0.330 e. The number of benzene rings is 1. The van der Waals surface area contributed by atoms with Crippen LogP contribution in [0.1, 0.15) is 29.4 Å². The minimum Gasteiger partial charge on any atom is -0.463 e. The molecule has 1 aromatic heterocycles. The molecule has 2 aromatic rings. The molecule has 0 saturated carbocycles. The highest BCUT2D eigenvalue weighted by molar-refractivity contribution is 6.35. The molecule has 0 atom stereocenters. The van der Waals surface area contributed by atoms with Gasteiger partial charge >= 0.3 is 5.97 Å². The first-order chi connectivity index (χ1) is 10.9. The molecule has 0 fully saturated rings. The van der Waals surface area contributed by atoms with E-state index in [0.717, 1.165) is 22.5 Å². The van der Waals surface area contributed by atoms with Crippen LogP contribution >= 0.6 is 23.2 Å². The molecule has 1 heterocycles. The molecule has 0 bridgehead atoms. The standard InChI is InChI=1S/C17H18Cl2N2O2/c1-4-23-17(22)9-8-13-11(2)20-21(12(13)3)10-14-15(18)6-5-7-16(14)19/h5-9H,4,10H2,1-3H3/b9-8+. The van der Waals surface area contributed by atoms with Crippen LogP contribution in [0.25, 0.3) is 6.08 Å². The van der Waals surface area contributed by atoms with Crippen molar-refractivity contribution in [3.05, 3.63) is 56.8 Å². The molecule has 0 N–H and O–H groups in total. The van der Waals surface area contributed by atoms with Crippen molar-refractivity contribution in [1.29, 1.82) is 0 Å². The molecule has 0 unspecified atom stereocenters. The third-order valence-corrected chi connectivity index (χ3v) is 4.19. The molecule has 0 radical (unpaired) electrons. The maximum atomic E-state index is 11.5. The molecule has 0 aliphatic carbocycles. The van der Waals surface area contributed by atoms with Crippen molar-refractivity contribution in [3.8, 4) is 0 Å². The normalized spacial score (nSPS) is 11.2. The first-order valence-electron chi connectivity index (χ1n) is 7.25. The summed E-state index contributed by atoms with van der Waals surface area (Å²) < 4.78 is 6.72. The van der Waals surface area contributed by atoms with Gasteiger partial charge in [0.05, 0.1) is 18.8 Å². The van der Waals surface area contributed by atoms with Gasteiger partial charge in [0.25, 0.3) is 0 Å². The van der Waals surface area contributed by atoms with Crippen LogP contribution < -0.4 is 0 Å². The number of halogens is 2. The quantitative estimate of drug-likeness (QED) is 0.590. The number of nitrogens with zero attached hydrogens (tertiary/aromatic N) is 2. The van der Waals surface area contributed by atoms with Gasteiger partial charge in [-0.25, -0.2) is 4.79 Å². The predicted molar refractivity (Wildman–Crippen MR) is 92.9 cm³/mol. The topological polar surface area (TPSA) is 44.1 Å². The van der Waals surface area contributed by atoms with E-state index in [1.165, 1.54) is 6.08 Å². The van der Waals surface area contributed by atoms with Gasteiger partial charge in [-0.3, -0.25) is 4.68 Å². The fourth-order valence-electron chi connectivity index (χ4n) is 2.28. The van der Waals surface area contributed by atoms with Crippen LogP contribution in [-0.2, 0) is 16.1 Å². The van der Waals surface area contributed by atoms with Crippen LogP contribution in [0.2, 0.25) is 10.0 Å². The molecule has 0 saturated heterocycles. The van der Waals surface area contributed by atoms with Crippen molar-refractivity contribution in [3.63, 3.8) is 0 Å². The zero-order valence-corrected chi connectivity index (χ0v) is 14.8. The van der Waals surface area contributed by atoms with Crippen molar-refractivity contribution in [2.45, 2.75) is 27.3 Å². The molecule has 122 valence electrons. The zero-order valence-electron chi connectivity index (χ0n) is 13.3. The number of carbonyl (C=O) groups is 1. The van der Waals surface area contributed by atoms with Gasteiger partial charge in [0.15, 0.2) is 0 Å². The monoisotopic (exact) mass is 352 g/mol. The summed E-state index contributed by atoms with van der Waals surface area (Å²) in [7, 11) is 0. The molecule has 23 heavy (non-hydrogen) atoms. The third kappa shape index (κ3) is 4.15. The number of aromatic nitrogens is 2. The Morgan fingerprint density at radius 1 is 1.30 bits per heavy atom. The summed E-state index contributed by atoms with van der Waals surface area (Å²) in [5.74, 6) is -0.367. The predicted octanol–water partition coefficient (Wildman–Crippen LogP) is 4.43. The number of ether oxygens (including phenoxy) is 1. The smallest absolute Gasteiger partial charge is 0.330 e. The van der Waals surface area contributed by atoms with Gasteiger partial charge < -0.3 is 4.74 Å². The number of hydrogen-bond acceptors (Lipinski definition) is 3. The fourth-order valence-corrected chi connectivity index (χ4v) is 2.80. The van der Waals surface area contributed by atoms with Gasteiger partial charge in [-0.05, 0) is 39.0 Å². The lowest BCUT2D eigenvalue weighted by atomic mass is 10.1. The van der Waals surface area contributed by atoms with E-state index in [2.05, 4.69) is 5.10 Å². The SMILES string of the molecule is CCOC(=O)/C=C/c1c(C)nn(Cc2c(Cl)cccc2Cl)c1C. The van der Waals surface area contributed by atoms with Crippen LogP contribution in [0.3, 0.4) is 0 Å². The van der Waals surface area contributed by atoms with E-state index in [1.807, 2.05) is 24.6 Å². The van der Waals surface area contributed by atoms with Gasteiger partial charge in [0.2, 0.25) is 0 Å².